The molecule has 1 heterocycles. The number of nitrogens with one attached hydrogen (secondary N) is 3. The van der Waals surface area contributed by atoms with Crippen molar-refractivity contribution in [2.75, 3.05) is 36.0 Å². The summed E-state index contributed by atoms with van der Waals surface area (Å²) in [7, 11) is 0. The Morgan fingerprint density at radius 2 is 1.90 bits per heavy atom. The predicted octanol–water partition coefficient (Wildman–Crippen LogP) is 0.819. The molecule has 0 saturated heterocycles. The van der Waals surface area contributed by atoms with Crippen molar-refractivity contribution in [3.8, 4) is 0 Å². The van der Waals surface area contributed by atoms with Crippen molar-refractivity contribution in [2.24, 2.45) is 5.92 Å². The van der Waals surface area contributed by atoms with E-state index in [1.165, 1.54) is 0 Å². The molecule has 1 aromatic rings. The normalized spacial score (nSPS) is 13.8. The average molecular weight is 278 g/mol. The average Bonchev–Trinajstić information content (AvgIpc) is 3.25. The number of nitrogen functional groups attached to an aromatic ring is 1. The van der Waals surface area contributed by atoms with Crippen LogP contribution in [0, 0.1) is 5.92 Å². The van der Waals surface area contributed by atoms with E-state index < -0.39 is 0 Å². The van der Waals surface area contributed by atoms with E-state index in [1.807, 2.05) is 6.07 Å². The van der Waals surface area contributed by atoms with Crippen molar-refractivity contribution in [3.05, 3.63) is 6.07 Å². The lowest BCUT2D eigenvalue weighted by Gasteiger charge is -2.10. The predicted molar refractivity (Wildman–Crippen MR) is 79.4 cm³/mol. The molecule has 7 nitrogen and oxygen atoms in total. The minimum Gasteiger partial charge on any atom is -0.370 e. The fourth-order valence-electron chi connectivity index (χ4n) is 1.77. The maximum Gasteiger partial charge on any atom is 0.223 e. The zero-order valence-electron chi connectivity index (χ0n) is 11.8. The Bertz CT molecular complexity index is 460. The highest BCUT2D eigenvalue weighted by molar-refractivity contribution is 5.80. The number of aromatic nitrogens is 2. The summed E-state index contributed by atoms with van der Waals surface area (Å²) in [5.41, 5.74) is 5.66. The molecule has 0 unspecified atom stereocenters. The lowest BCUT2D eigenvalue weighted by Crippen LogP contribution is -2.30. The fourth-order valence-corrected chi connectivity index (χ4v) is 1.77. The molecule has 1 saturated carbocycles. The molecule has 7 heteroatoms. The second-order valence-electron chi connectivity index (χ2n) is 4.92. The van der Waals surface area contributed by atoms with Gasteiger partial charge in [0.1, 0.15) is 11.6 Å². The first-order chi connectivity index (χ1) is 9.69. The highest BCUT2D eigenvalue weighted by Crippen LogP contribution is 2.28. The molecular weight excluding hydrogens is 256 g/mol. The van der Waals surface area contributed by atoms with Crippen LogP contribution in [0.1, 0.15) is 26.2 Å². The van der Waals surface area contributed by atoms with Gasteiger partial charge in [-0.25, -0.2) is 0 Å². The summed E-state index contributed by atoms with van der Waals surface area (Å²) in [6.45, 7) is 4.12. The summed E-state index contributed by atoms with van der Waals surface area (Å²) in [5, 5.41) is 9.18. The van der Waals surface area contributed by atoms with Crippen LogP contribution in [0.5, 0.6) is 0 Å². The van der Waals surface area contributed by atoms with Crippen LogP contribution in [0.15, 0.2) is 6.07 Å². The summed E-state index contributed by atoms with van der Waals surface area (Å²) in [6, 6.07) is 1.81. The Labute approximate surface area is 118 Å². The van der Waals surface area contributed by atoms with Crippen LogP contribution in [-0.2, 0) is 4.79 Å². The molecule has 1 fully saturated rings. The number of amides is 1. The Morgan fingerprint density at radius 3 is 2.50 bits per heavy atom. The number of nitrogens with two attached hydrogens (primary N) is 1. The molecule has 1 aliphatic carbocycles. The SMILES string of the molecule is CCCNc1cc(NCCNC(=O)C2CC2)nc(N)n1. The Hall–Kier alpha value is -2.05. The van der Waals surface area contributed by atoms with Crippen molar-refractivity contribution in [3.63, 3.8) is 0 Å². The van der Waals surface area contributed by atoms with Gasteiger partial charge in [-0.2, -0.15) is 9.97 Å². The van der Waals surface area contributed by atoms with Gasteiger partial charge >= 0.3 is 0 Å². The van der Waals surface area contributed by atoms with E-state index in [0.717, 1.165) is 25.8 Å². The lowest BCUT2D eigenvalue weighted by molar-refractivity contribution is -0.122. The third-order valence-corrected chi connectivity index (χ3v) is 2.98. The van der Waals surface area contributed by atoms with Crippen LogP contribution in [0.2, 0.25) is 0 Å². The highest BCUT2D eigenvalue weighted by atomic mass is 16.2. The number of hydrogen-bond acceptors (Lipinski definition) is 6. The second-order valence-corrected chi connectivity index (χ2v) is 4.92. The van der Waals surface area contributed by atoms with Crippen molar-refractivity contribution >= 4 is 23.5 Å². The van der Waals surface area contributed by atoms with E-state index in [9.17, 15) is 4.79 Å². The molecule has 0 atom stereocenters. The minimum absolute atomic E-state index is 0.152. The molecule has 0 aromatic carbocycles. The molecule has 0 spiro atoms. The van der Waals surface area contributed by atoms with Gasteiger partial charge in [-0.15, -0.1) is 0 Å². The quantitative estimate of drug-likeness (QED) is 0.525. The molecule has 1 amide bonds. The van der Waals surface area contributed by atoms with Crippen molar-refractivity contribution < 1.29 is 4.79 Å². The molecule has 0 radical (unpaired) electrons. The number of hydrogen-bond donors (Lipinski definition) is 4. The molecule has 20 heavy (non-hydrogen) atoms. The summed E-state index contributed by atoms with van der Waals surface area (Å²) < 4.78 is 0. The first-order valence-electron chi connectivity index (χ1n) is 7.09. The minimum atomic E-state index is 0.152. The van der Waals surface area contributed by atoms with Gasteiger partial charge in [0.2, 0.25) is 11.9 Å². The highest BCUT2D eigenvalue weighted by Gasteiger charge is 2.28. The number of carbonyl (C=O) groups is 1. The van der Waals surface area contributed by atoms with Gasteiger partial charge in [0.15, 0.2) is 0 Å². The van der Waals surface area contributed by atoms with E-state index >= 15 is 0 Å². The Morgan fingerprint density at radius 1 is 1.25 bits per heavy atom. The van der Waals surface area contributed by atoms with E-state index in [1.54, 1.807) is 0 Å². The fraction of sp³-hybridized carbons (Fsp3) is 0.615. The van der Waals surface area contributed by atoms with E-state index in [2.05, 4.69) is 32.8 Å². The van der Waals surface area contributed by atoms with Gasteiger partial charge in [0, 0.05) is 31.6 Å². The van der Waals surface area contributed by atoms with Gasteiger partial charge in [0.05, 0.1) is 0 Å². The topological polar surface area (TPSA) is 105 Å². The van der Waals surface area contributed by atoms with Crippen LogP contribution < -0.4 is 21.7 Å². The summed E-state index contributed by atoms with van der Waals surface area (Å²) in [5.74, 6) is 2.00. The van der Waals surface area contributed by atoms with E-state index in [0.29, 0.717) is 24.7 Å². The zero-order chi connectivity index (χ0) is 14.4. The summed E-state index contributed by atoms with van der Waals surface area (Å²) in [6.07, 6.45) is 3.06. The molecule has 1 aromatic heterocycles. The van der Waals surface area contributed by atoms with Crippen LogP contribution >= 0.6 is 0 Å². The van der Waals surface area contributed by atoms with E-state index in [4.69, 9.17) is 5.73 Å². The molecule has 5 N–H and O–H groups in total. The number of nitrogens with zero attached hydrogens (tertiary/aromatic N) is 2. The van der Waals surface area contributed by atoms with Crippen LogP contribution in [0.25, 0.3) is 0 Å². The van der Waals surface area contributed by atoms with Crippen LogP contribution in [0.3, 0.4) is 0 Å². The van der Waals surface area contributed by atoms with Crippen LogP contribution in [0.4, 0.5) is 17.6 Å². The number of carbonyl (C=O) groups excluding carboxylic acids is 1. The van der Waals surface area contributed by atoms with Gasteiger partial charge < -0.3 is 21.7 Å². The summed E-state index contributed by atoms with van der Waals surface area (Å²) in [4.78, 5) is 19.7. The monoisotopic (exact) mass is 278 g/mol. The zero-order valence-corrected chi connectivity index (χ0v) is 11.8. The second kappa shape index (κ2) is 6.93. The van der Waals surface area contributed by atoms with Crippen molar-refractivity contribution in [1.29, 1.82) is 0 Å². The van der Waals surface area contributed by atoms with Crippen LogP contribution in [-0.4, -0.2) is 35.5 Å². The standard InChI is InChI=1S/C13H22N6O/c1-2-5-15-10-8-11(19-13(14)18-10)16-6-7-17-12(20)9-3-4-9/h8-9H,2-7H2,1H3,(H,17,20)(H4,14,15,16,18,19). The maximum absolute atomic E-state index is 11.4. The van der Waals surface area contributed by atoms with Crippen molar-refractivity contribution in [1.82, 2.24) is 15.3 Å². The smallest absolute Gasteiger partial charge is 0.223 e. The molecule has 0 bridgehead atoms. The Balaban J connectivity index is 1.76. The lowest BCUT2D eigenvalue weighted by atomic mass is 10.4. The molecule has 0 aliphatic heterocycles. The third kappa shape index (κ3) is 4.56. The number of rotatable bonds is 8. The summed E-state index contributed by atoms with van der Waals surface area (Å²) >= 11 is 0. The van der Waals surface area contributed by atoms with E-state index in [-0.39, 0.29) is 17.8 Å². The number of anilines is 3. The van der Waals surface area contributed by atoms with Crippen molar-refractivity contribution in [2.45, 2.75) is 26.2 Å². The first kappa shape index (κ1) is 14.4. The maximum atomic E-state index is 11.4. The van der Waals surface area contributed by atoms with Gasteiger partial charge in [-0.05, 0) is 19.3 Å². The molecule has 1 aliphatic rings. The van der Waals surface area contributed by atoms with Gasteiger partial charge in [-0.1, -0.05) is 6.92 Å². The Kier molecular flexibility index (Phi) is 4.97. The van der Waals surface area contributed by atoms with Gasteiger partial charge in [-0.3, -0.25) is 4.79 Å². The first-order valence-corrected chi connectivity index (χ1v) is 7.09. The molecular formula is C13H22N6O. The largest absolute Gasteiger partial charge is 0.370 e. The van der Waals surface area contributed by atoms with Gasteiger partial charge in [0.25, 0.3) is 0 Å². The molecule has 110 valence electrons. The third-order valence-electron chi connectivity index (χ3n) is 2.98. The molecule has 2 rings (SSSR count).